The minimum absolute atomic E-state index is 0.489. The quantitative estimate of drug-likeness (QED) is 0.804. The molecule has 0 aromatic carbocycles. The van der Waals surface area contributed by atoms with Crippen LogP contribution in [0.1, 0.15) is 18.4 Å². The average Bonchev–Trinajstić information content (AvgIpc) is 3.02. The smallest absolute Gasteiger partial charge is 0.152 e. The van der Waals surface area contributed by atoms with Crippen LogP contribution in [0.25, 0.3) is 0 Å². The molecule has 2 N–H and O–H groups in total. The Morgan fingerprint density at radius 2 is 2.40 bits per heavy atom. The Balaban J connectivity index is 2.22. The summed E-state index contributed by atoms with van der Waals surface area (Å²) >= 11 is 0. The van der Waals surface area contributed by atoms with Gasteiger partial charge in [0.1, 0.15) is 6.07 Å². The molecule has 78 valence electrons. The maximum atomic E-state index is 8.84. The molecule has 1 aliphatic rings. The van der Waals surface area contributed by atoms with Crippen molar-refractivity contribution in [3.8, 4) is 6.07 Å². The van der Waals surface area contributed by atoms with E-state index < -0.39 is 0 Å². The highest BCUT2D eigenvalue weighted by Crippen LogP contribution is 2.32. The van der Waals surface area contributed by atoms with Crippen molar-refractivity contribution in [1.29, 1.82) is 5.26 Å². The first kappa shape index (κ1) is 9.78. The highest BCUT2D eigenvalue weighted by Gasteiger charge is 2.24. The van der Waals surface area contributed by atoms with Crippen LogP contribution in [0.3, 0.4) is 0 Å². The van der Waals surface area contributed by atoms with Gasteiger partial charge in [0.2, 0.25) is 0 Å². The van der Waals surface area contributed by atoms with Crippen LogP contribution in [0, 0.1) is 17.2 Å². The van der Waals surface area contributed by atoms with E-state index in [1.807, 2.05) is 11.9 Å². The van der Waals surface area contributed by atoms with E-state index in [1.54, 1.807) is 12.3 Å². The molecule has 0 aliphatic heterocycles. The molecule has 0 amide bonds. The molecule has 0 saturated heterocycles. The Morgan fingerprint density at radius 1 is 1.67 bits per heavy atom. The molecular weight excluding hydrogens is 188 g/mol. The lowest BCUT2D eigenvalue weighted by molar-refractivity contribution is 0.778. The van der Waals surface area contributed by atoms with Gasteiger partial charge in [-0.05, 0) is 24.8 Å². The fourth-order valence-corrected chi connectivity index (χ4v) is 1.64. The van der Waals surface area contributed by atoms with Crippen LogP contribution < -0.4 is 10.6 Å². The van der Waals surface area contributed by atoms with Gasteiger partial charge in [0, 0.05) is 19.8 Å². The minimum atomic E-state index is 0.489. The molecule has 4 heteroatoms. The Labute approximate surface area is 89.3 Å². The fraction of sp³-hybridized carbons (Fsp3) is 0.455. The van der Waals surface area contributed by atoms with Crippen molar-refractivity contribution in [3.05, 3.63) is 17.8 Å². The van der Waals surface area contributed by atoms with Crippen molar-refractivity contribution in [2.45, 2.75) is 12.8 Å². The first-order valence-corrected chi connectivity index (χ1v) is 5.08. The molecule has 4 nitrogen and oxygen atoms in total. The second-order valence-electron chi connectivity index (χ2n) is 4.03. The van der Waals surface area contributed by atoms with E-state index in [4.69, 9.17) is 11.0 Å². The zero-order chi connectivity index (χ0) is 10.8. The van der Waals surface area contributed by atoms with E-state index in [1.165, 1.54) is 12.8 Å². The number of nitrogens with zero attached hydrogens (tertiary/aromatic N) is 3. The summed E-state index contributed by atoms with van der Waals surface area (Å²) in [6.07, 6.45) is 4.22. The minimum Gasteiger partial charge on any atom is -0.395 e. The summed E-state index contributed by atoms with van der Waals surface area (Å²) in [5.74, 6) is 1.50. The standard InChI is InChI=1S/C11H14N4/c1-15(7-8-2-3-8)11-10(13)9(6-12)4-5-14-11/h4-5,8H,2-3,7,13H2,1H3. The Bertz CT molecular complexity index is 404. The summed E-state index contributed by atoms with van der Waals surface area (Å²) in [5, 5.41) is 8.84. The molecule has 0 unspecified atom stereocenters. The van der Waals surface area contributed by atoms with Gasteiger partial charge in [0.25, 0.3) is 0 Å². The number of nitriles is 1. The molecular formula is C11H14N4. The molecule has 0 atom stereocenters. The highest BCUT2D eigenvalue weighted by atomic mass is 15.2. The van der Waals surface area contributed by atoms with Gasteiger partial charge >= 0.3 is 0 Å². The van der Waals surface area contributed by atoms with Crippen LogP contribution in [-0.2, 0) is 0 Å². The summed E-state index contributed by atoms with van der Waals surface area (Å²) in [4.78, 5) is 6.25. The first-order chi connectivity index (χ1) is 7.22. The van der Waals surface area contributed by atoms with Gasteiger partial charge in [-0.25, -0.2) is 4.98 Å². The van der Waals surface area contributed by atoms with Gasteiger partial charge in [-0.15, -0.1) is 0 Å². The Morgan fingerprint density at radius 3 is 3.00 bits per heavy atom. The number of hydrogen-bond acceptors (Lipinski definition) is 4. The molecule has 1 heterocycles. The number of rotatable bonds is 3. The van der Waals surface area contributed by atoms with E-state index in [0.29, 0.717) is 11.3 Å². The van der Waals surface area contributed by atoms with Crippen molar-refractivity contribution in [1.82, 2.24) is 4.98 Å². The third-order valence-corrected chi connectivity index (χ3v) is 2.68. The van der Waals surface area contributed by atoms with Gasteiger partial charge in [0.05, 0.1) is 11.3 Å². The fourth-order valence-electron chi connectivity index (χ4n) is 1.64. The highest BCUT2D eigenvalue weighted by molar-refractivity contribution is 5.69. The van der Waals surface area contributed by atoms with E-state index >= 15 is 0 Å². The van der Waals surface area contributed by atoms with E-state index in [-0.39, 0.29) is 0 Å². The van der Waals surface area contributed by atoms with Crippen molar-refractivity contribution >= 4 is 11.5 Å². The lowest BCUT2D eigenvalue weighted by Crippen LogP contribution is -2.22. The molecule has 1 saturated carbocycles. The SMILES string of the molecule is CN(CC1CC1)c1nccc(C#N)c1N. The average molecular weight is 202 g/mol. The first-order valence-electron chi connectivity index (χ1n) is 5.08. The predicted molar refractivity (Wildman–Crippen MR) is 59.4 cm³/mol. The molecule has 1 aliphatic carbocycles. The van der Waals surface area contributed by atoms with Gasteiger partial charge in [-0.1, -0.05) is 0 Å². The molecule has 0 radical (unpaired) electrons. The second kappa shape index (κ2) is 3.77. The summed E-state index contributed by atoms with van der Waals surface area (Å²) in [6.45, 7) is 0.978. The Kier molecular flexibility index (Phi) is 2.46. The third-order valence-electron chi connectivity index (χ3n) is 2.68. The van der Waals surface area contributed by atoms with Crippen molar-refractivity contribution in [3.63, 3.8) is 0 Å². The number of pyridine rings is 1. The molecule has 2 rings (SSSR count). The zero-order valence-corrected chi connectivity index (χ0v) is 8.77. The van der Waals surface area contributed by atoms with E-state index in [2.05, 4.69) is 11.1 Å². The lowest BCUT2D eigenvalue weighted by Gasteiger charge is -2.19. The predicted octanol–water partition coefficient (Wildman–Crippen LogP) is 1.38. The molecule has 1 fully saturated rings. The van der Waals surface area contributed by atoms with Gasteiger partial charge in [-0.2, -0.15) is 5.26 Å². The van der Waals surface area contributed by atoms with Crippen LogP contribution in [-0.4, -0.2) is 18.6 Å². The molecule has 1 aromatic rings. The summed E-state index contributed by atoms with van der Waals surface area (Å²) in [6, 6.07) is 3.71. The molecule has 0 bridgehead atoms. The van der Waals surface area contributed by atoms with Crippen LogP contribution in [0.2, 0.25) is 0 Å². The topological polar surface area (TPSA) is 65.9 Å². The third kappa shape index (κ3) is 2.01. The Hall–Kier alpha value is -1.76. The molecule has 15 heavy (non-hydrogen) atoms. The number of nitrogen functional groups attached to an aromatic ring is 1. The number of nitrogens with two attached hydrogens (primary N) is 1. The van der Waals surface area contributed by atoms with E-state index in [0.717, 1.165) is 18.3 Å². The van der Waals surface area contributed by atoms with Gasteiger partial charge < -0.3 is 10.6 Å². The number of hydrogen-bond donors (Lipinski definition) is 1. The van der Waals surface area contributed by atoms with Crippen LogP contribution in [0.5, 0.6) is 0 Å². The summed E-state index contributed by atoms with van der Waals surface area (Å²) < 4.78 is 0. The second-order valence-corrected chi connectivity index (χ2v) is 4.03. The van der Waals surface area contributed by atoms with Crippen molar-refractivity contribution in [2.24, 2.45) is 5.92 Å². The van der Waals surface area contributed by atoms with Crippen LogP contribution in [0.15, 0.2) is 12.3 Å². The molecule has 1 aromatic heterocycles. The van der Waals surface area contributed by atoms with E-state index in [9.17, 15) is 0 Å². The van der Waals surface area contributed by atoms with Crippen LogP contribution >= 0.6 is 0 Å². The summed E-state index contributed by atoms with van der Waals surface area (Å²) in [7, 11) is 1.97. The number of aromatic nitrogens is 1. The maximum Gasteiger partial charge on any atom is 0.152 e. The molecule has 0 spiro atoms. The largest absolute Gasteiger partial charge is 0.395 e. The summed E-state index contributed by atoms with van der Waals surface area (Å²) in [5.41, 5.74) is 6.86. The van der Waals surface area contributed by atoms with Crippen molar-refractivity contribution in [2.75, 3.05) is 24.2 Å². The lowest BCUT2D eigenvalue weighted by atomic mass is 10.2. The van der Waals surface area contributed by atoms with Crippen molar-refractivity contribution < 1.29 is 0 Å². The monoisotopic (exact) mass is 202 g/mol. The van der Waals surface area contributed by atoms with Crippen LogP contribution in [0.4, 0.5) is 11.5 Å². The van der Waals surface area contributed by atoms with Gasteiger partial charge in [0.15, 0.2) is 5.82 Å². The normalized spacial score (nSPS) is 14.7. The van der Waals surface area contributed by atoms with Gasteiger partial charge in [-0.3, -0.25) is 0 Å². The number of anilines is 2. The zero-order valence-electron chi connectivity index (χ0n) is 8.77. The maximum absolute atomic E-state index is 8.84.